The molecule has 2 rings (SSSR count). The molecule has 0 spiro atoms. The van der Waals surface area contributed by atoms with Gasteiger partial charge in [-0.25, -0.2) is 9.59 Å². The van der Waals surface area contributed by atoms with E-state index in [-0.39, 0.29) is 22.6 Å². The lowest BCUT2D eigenvalue weighted by Gasteiger charge is -2.11. The summed E-state index contributed by atoms with van der Waals surface area (Å²) in [6.07, 6.45) is -3.19. The first-order chi connectivity index (χ1) is 10.9. The topological polar surface area (TPSA) is 124 Å². The summed E-state index contributed by atoms with van der Waals surface area (Å²) in [6, 6.07) is 10.6. The third-order valence-corrected chi connectivity index (χ3v) is 3.08. The number of aliphatic hydroxyl groups excluding tert-OH is 2. The van der Waals surface area contributed by atoms with E-state index in [9.17, 15) is 19.8 Å². The number of ether oxygens (including phenoxy) is 1. The van der Waals surface area contributed by atoms with E-state index in [1.54, 1.807) is 0 Å². The molecule has 0 aliphatic heterocycles. The summed E-state index contributed by atoms with van der Waals surface area (Å²) in [6.45, 7) is 0. The molecule has 120 valence electrons. The van der Waals surface area contributed by atoms with Gasteiger partial charge in [0.15, 0.2) is 12.2 Å². The molecule has 0 radical (unpaired) electrons. The Bertz CT molecular complexity index is 691. The minimum atomic E-state index is -1.66. The van der Waals surface area contributed by atoms with Gasteiger partial charge < -0.3 is 25.2 Å². The average Bonchev–Trinajstić information content (AvgIpc) is 2.54. The van der Waals surface area contributed by atoms with Crippen LogP contribution in [0.3, 0.4) is 0 Å². The number of phenolic OH excluding ortho intramolecular Hbond substituents is 1. The molecule has 2 aromatic rings. The molecule has 0 aliphatic rings. The van der Waals surface area contributed by atoms with E-state index in [0.717, 1.165) is 0 Å². The largest absolute Gasteiger partial charge is 0.508 e. The van der Waals surface area contributed by atoms with Crippen molar-refractivity contribution in [3.8, 4) is 11.5 Å². The predicted octanol–water partition coefficient (Wildman–Crippen LogP) is 1.15. The Kier molecular flexibility index (Phi) is 4.95. The summed E-state index contributed by atoms with van der Waals surface area (Å²) in [5, 5.41) is 37.1. The lowest BCUT2D eigenvalue weighted by molar-refractivity contribution is -0.147. The number of aliphatic hydroxyl groups is 2. The van der Waals surface area contributed by atoms with Crippen molar-refractivity contribution < 1.29 is 34.8 Å². The number of carboxylic acids is 1. The zero-order valence-corrected chi connectivity index (χ0v) is 11.8. The van der Waals surface area contributed by atoms with Crippen LogP contribution in [-0.2, 0) is 9.59 Å². The number of carbonyl (C=O) groups is 2. The average molecular weight is 318 g/mol. The van der Waals surface area contributed by atoms with Crippen molar-refractivity contribution in [2.24, 2.45) is 0 Å². The van der Waals surface area contributed by atoms with Crippen LogP contribution in [0.5, 0.6) is 11.5 Å². The number of hydrogen-bond acceptors (Lipinski definition) is 6. The quantitative estimate of drug-likeness (QED) is 0.481. The van der Waals surface area contributed by atoms with Gasteiger partial charge in [-0.1, -0.05) is 24.3 Å². The van der Waals surface area contributed by atoms with Crippen molar-refractivity contribution in [1.29, 1.82) is 0 Å². The SMILES string of the molecule is O=C(Oc1ccc([C@@H](O)C(=O)O)cc1)C(O)c1ccc(O)cc1. The molecule has 0 aliphatic carbocycles. The maximum atomic E-state index is 11.8. The second-order valence-electron chi connectivity index (χ2n) is 4.72. The van der Waals surface area contributed by atoms with Gasteiger partial charge in [-0.15, -0.1) is 0 Å². The molecular formula is C16H14O7. The second-order valence-corrected chi connectivity index (χ2v) is 4.72. The molecule has 0 heterocycles. The number of hydrogen-bond donors (Lipinski definition) is 4. The molecule has 1 unspecified atom stereocenters. The van der Waals surface area contributed by atoms with Crippen LogP contribution in [0.2, 0.25) is 0 Å². The van der Waals surface area contributed by atoms with Crippen LogP contribution in [0, 0.1) is 0 Å². The van der Waals surface area contributed by atoms with Crippen LogP contribution in [0.1, 0.15) is 23.3 Å². The fourth-order valence-corrected chi connectivity index (χ4v) is 1.83. The van der Waals surface area contributed by atoms with Gasteiger partial charge in [0, 0.05) is 0 Å². The molecule has 0 saturated carbocycles. The summed E-state index contributed by atoms with van der Waals surface area (Å²) in [5.41, 5.74) is 0.391. The molecular weight excluding hydrogens is 304 g/mol. The van der Waals surface area contributed by atoms with E-state index in [1.807, 2.05) is 0 Å². The van der Waals surface area contributed by atoms with E-state index in [2.05, 4.69) is 0 Å². The lowest BCUT2D eigenvalue weighted by atomic mass is 10.1. The van der Waals surface area contributed by atoms with E-state index in [1.165, 1.54) is 48.5 Å². The Hall–Kier alpha value is -2.90. The summed E-state index contributed by atoms with van der Waals surface area (Å²) in [4.78, 5) is 22.5. The number of esters is 1. The van der Waals surface area contributed by atoms with Crippen LogP contribution >= 0.6 is 0 Å². The Morgan fingerprint density at radius 1 is 0.826 bits per heavy atom. The Morgan fingerprint density at radius 2 is 1.30 bits per heavy atom. The molecule has 23 heavy (non-hydrogen) atoms. The first kappa shape index (κ1) is 16.5. The molecule has 0 fully saturated rings. The summed E-state index contributed by atoms with van der Waals surface area (Å²) < 4.78 is 4.98. The summed E-state index contributed by atoms with van der Waals surface area (Å²) in [5.74, 6) is -2.23. The van der Waals surface area contributed by atoms with Gasteiger partial charge in [0.1, 0.15) is 11.5 Å². The molecule has 2 aromatic carbocycles. The Morgan fingerprint density at radius 3 is 1.83 bits per heavy atom. The summed E-state index contributed by atoms with van der Waals surface area (Å²) >= 11 is 0. The van der Waals surface area contributed by atoms with Crippen LogP contribution < -0.4 is 4.74 Å². The maximum Gasteiger partial charge on any atom is 0.345 e. The number of carboxylic acid groups (broad SMARTS) is 1. The smallest absolute Gasteiger partial charge is 0.345 e. The van der Waals surface area contributed by atoms with Crippen LogP contribution in [0.25, 0.3) is 0 Å². The van der Waals surface area contributed by atoms with Crippen molar-refractivity contribution in [3.63, 3.8) is 0 Å². The molecule has 2 atom stereocenters. The van der Waals surface area contributed by atoms with Gasteiger partial charge in [0.25, 0.3) is 0 Å². The molecule has 0 amide bonds. The third-order valence-electron chi connectivity index (χ3n) is 3.08. The molecule has 7 nitrogen and oxygen atoms in total. The molecule has 0 bridgehead atoms. The minimum Gasteiger partial charge on any atom is -0.508 e. The van der Waals surface area contributed by atoms with Gasteiger partial charge in [-0.3, -0.25) is 0 Å². The normalized spacial score (nSPS) is 13.1. The zero-order valence-electron chi connectivity index (χ0n) is 11.8. The highest BCUT2D eigenvalue weighted by molar-refractivity contribution is 5.78. The fourth-order valence-electron chi connectivity index (χ4n) is 1.83. The van der Waals surface area contributed by atoms with Gasteiger partial charge >= 0.3 is 11.9 Å². The highest BCUT2D eigenvalue weighted by Gasteiger charge is 2.20. The molecule has 7 heteroatoms. The summed E-state index contributed by atoms with van der Waals surface area (Å²) in [7, 11) is 0. The van der Waals surface area contributed by atoms with Crippen LogP contribution in [0.15, 0.2) is 48.5 Å². The Balaban J connectivity index is 2.05. The van der Waals surface area contributed by atoms with Crippen molar-refractivity contribution in [3.05, 3.63) is 59.7 Å². The van der Waals surface area contributed by atoms with Gasteiger partial charge in [0.2, 0.25) is 0 Å². The predicted molar refractivity (Wildman–Crippen MR) is 77.7 cm³/mol. The first-order valence-electron chi connectivity index (χ1n) is 6.58. The zero-order chi connectivity index (χ0) is 17.0. The maximum absolute atomic E-state index is 11.8. The van der Waals surface area contributed by atoms with Crippen molar-refractivity contribution in [2.45, 2.75) is 12.2 Å². The van der Waals surface area contributed by atoms with E-state index in [4.69, 9.17) is 14.9 Å². The van der Waals surface area contributed by atoms with Crippen LogP contribution in [-0.4, -0.2) is 32.4 Å². The minimum absolute atomic E-state index is 0.00175. The Labute approximate surface area is 131 Å². The van der Waals surface area contributed by atoms with E-state index < -0.39 is 24.1 Å². The number of benzene rings is 2. The second kappa shape index (κ2) is 6.91. The number of aromatic hydroxyl groups is 1. The van der Waals surface area contributed by atoms with Crippen molar-refractivity contribution >= 4 is 11.9 Å². The number of aliphatic carboxylic acids is 1. The first-order valence-corrected chi connectivity index (χ1v) is 6.58. The van der Waals surface area contributed by atoms with Crippen LogP contribution in [0.4, 0.5) is 0 Å². The number of rotatable bonds is 5. The number of carbonyl (C=O) groups excluding carboxylic acids is 1. The standard InChI is InChI=1S/C16H14O7/c17-11-5-1-10(2-6-11)14(19)16(22)23-12-7-3-9(4-8-12)13(18)15(20)21/h1-8,13-14,17-19H,(H,20,21)/t13-,14?/m1/s1. The monoisotopic (exact) mass is 318 g/mol. The van der Waals surface area contributed by atoms with E-state index >= 15 is 0 Å². The number of phenols is 1. The van der Waals surface area contributed by atoms with Crippen molar-refractivity contribution in [1.82, 2.24) is 0 Å². The van der Waals surface area contributed by atoms with Crippen molar-refractivity contribution in [2.75, 3.05) is 0 Å². The van der Waals surface area contributed by atoms with E-state index in [0.29, 0.717) is 0 Å². The van der Waals surface area contributed by atoms with Gasteiger partial charge in [-0.05, 0) is 35.4 Å². The van der Waals surface area contributed by atoms with Gasteiger partial charge in [0.05, 0.1) is 0 Å². The molecule has 0 saturated heterocycles. The highest BCUT2D eigenvalue weighted by Crippen LogP contribution is 2.22. The fraction of sp³-hybridized carbons (Fsp3) is 0.125. The highest BCUT2D eigenvalue weighted by atomic mass is 16.5. The molecule has 0 aromatic heterocycles. The third kappa shape index (κ3) is 4.06. The lowest BCUT2D eigenvalue weighted by Crippen LogP contribution is -2.18. The molecule has 4 N–H and O–H groups in total. The van der Waals surface area contributed by atoms with Gasteiger partial charge in [-0.2, -0.15) is 0 Å².